The molecular formula is C15H29N3O. The second kappa shape index (κ2) is 6.23. The second-order valence-electron chi connectivity index (χ2n) is 6.31. The summed E-state index contributed by atoms with van der Waals surface area (Å²) in [6, 6.07) is 0.568. The molecule has 2 aliphatic rings. The number of nitrogens with zero attached hydrogens (tertiary/aromatic N) is 1. The Morgan fingerprint density at radius 1 is 1.32 bits per heavy atom. The van der Waals surface area contributed by atoms with Gasteiger partial charge in [0, 0.05) is 12.6 Å². The van der Waals surface area contributed by atoms with Crippen molar-refractivity contribution >= 4 is 5.91 Å². The number of nitrogens with two attached hydrogens (primary N) is 1. The average Bonchev–Trinajstić information content (AvgIpc) is 3.18. The highest BCUT2D eigenvalue weighted by molar-refractivity contribution is 5.86. The van der Waals surface area contributed by atoms with Crippen LogP contribution in [-0.4, -0.2) is 42.0 Å². The van der Waals surface area contributed by atoms with Crippen LogP contribution >= 0.6 is 0 Å². The molecule has 2 rings (SSSR count). The molecule has 0 bridgehead atoms. The summed E-state index contributed by atoms with van der Waals surface area (Å²) >= 11 is 0. The maximum atomic E-state index is 12.1. The van der Waals surface area contributed by atoms with E-state index in [1.807, 2.05) is 0 Å². The van der Waals surface area contributed by atoms with Crippen LogP contribution in [0.1, 0.15) is 52.4 Å². The topological polar surface area (TPSA) is 58.4 Å². The van der Waals surface area contributed by atoms with Gasteiger partial charge in [-0.05, 0) is 51.6 Å². The molecule has 1 aliphatic carbocycles. The van der Waals surface area contributed by atoms with Crippen molar-refractivity contribution in [2.24, 2.45) is 11.7 Å². The summed E-state index contributed by atoms with van der Waals surface area (Å²) < 4.78 is 0. The molecule has 0 aromatic carbocycles. The zero-order valence-electron chi connectivity index (χ0n) is 12.5. The van der Waals surface area contributed by atoms with Crippen LogP contribution in [0.4, 0.5) is 0 Å². The van der Waals surface area contributed by atoms with E-state index >= 15 is 0 Å². The monoisotopic (exact) mass is 267 g/mol. The molecule has 0 spiro atoms. The molecule has 1 saturated carbocycles. The summed E-state index contributed by atoms with van der Waals surface area (Å²) in [7, 11) is 0. The van der Waals surface area contributed by atoms with Crippen molar-refractivity contribution in [3.63, 3.8) is 0 Å². The Labute approximate surface area is 117 Å². The van der Waals surface area contributed by atoms with Gasteiger partial charge in [-0.2, -0.15) is 0 Å². The van der Waals surface area contributed by atoms with Gasteiger partial charge in [-0.15, -0.1) is 0 Å². The third-order valence-corrected chi connectivity index (χ3v) is 4.85. The first-order chi connectivity index (χ1) is 9.10. The highest BCUT2D eigenvalue weighted by atomic mass is 16.1. The highest BCUT2D eigenvalue weighted by Crippen LogP contribution is 2.40. The van der Waals surface area contributed by atoms with E-state index in [0.29, 0.717) is 12.0 Å². The molecular weight excluding hydrogens is 238 g/mol. The number of carbonyl (C=O) groups is 1. The molecule has 3 N–H and O–H groups in total. The van der Waals surface area contributed by atoms with Crippen LogP contribution < -0.4 is 11.1 Å². The third kappa shape index (κ3) is 3.29. The Bertz CT molecular complexity index is 317. The fourth-order valence-corrected chi connectivity index (χ4v) is 3.48. The average molecular weight is 267 g/mol. The standard InChI is InChI=1S/C15H29N3O/c1-3-17-15(14(16)19,13-8-9-13)11-18-10-6-4-5-7-12(18)2/h12-13,17H,3-11H2,1-2H3,(H2,16,19). The SMILES string of the molecule is CCNC(CN1CCCCCC1C)(C(N)=O)C1CC1. The maximum absolute atomic E-state index is 12.1. The van der Waals surface area contributed by atoms with Gasteiger partial charge in [-0.25, -0.2) is 0 Å². The number of rotatable bonds is 6. The number of hydrogen-bond donors (Lipinski definition) is 2. The van der Waals surface area contributed by atoms with Gasteiger partial charge in [0.25, 0.3) is 0 Å². The van der Waals surface area contributed by atoms with Gasteiger partial charge in [0.15, 0.2) is 0 Å². The smallest absolute Gasteiger partial charge is 0.239 e. The van der Waals surface area contributed by atoms with Crippen LogP contribution in [0.25, 0.3) is 0 Å². The summed E-state index contributed by atoms with van der Waals surface area (Å²) in [5.74, 6) is 0.286. The minimum atomic E-state index is -0.493. The summed E-state index contributed by atoms with van der Waals surface area (Å²) in [5, 5.41) is 3.43. The van der Waals surface area contributed by atoms with Crippen LogP contribution in [0.3, 0.4) is 0 Å². The molecule has 110 valence electrons. The van der Waals surface area contributed by atoms with E-state index in [-0.39, 0.29) is 5.91 Å². The molecule has 2 fully saturated rings. The van der Waals surface area contributed by atoms with Crippen molar-refractivity contribution < 1.29 is 4.79 Å². The minimum absolute atomic E-state index is 0.159. The lowest BCUT2D eigenvalue weighted by Crippen LogP contribution is -2.64. The maximum Gasteiger partial charge on any atom is 0.239 e. The number of likely N-dealkylation sites (N-methyl/N-ethyl adjacent to an activating group) is 1. The Hall–Kier alpha value is -0.610. The van der Waals surface area contributed by atoms with Crippen molar-refractivity contribution in [2.75, 3.05) is 19.6 Å². The summed E-state index contributed by atoms with van der Waals surface area (Å²) in [6.45, 7) is 7.06. The van der Waals surface area contributed by atoms with Gasteiger partial charge >= 0.3 is 0 Å². The summed E-state index contributed by atoms with van der Waals surface area (Å²) in [6.07, 6.45) is 7.39. The Morgan fingerprint density at radius 2 is 2.05 bits per heavy atom. The lowest BCUT2D eigenvalue weighted by Gasteiger charge is -2.39. The molecule has 4 heteroatoms. The predicted molar refractivity (Wildman–Crippen MR) is 77.8 cm³/mol. The Morgan fingerprint density at radius 3 is 2.63 bits per heavy atom. The van der Waals surface area contributed by atoms with E-state index in [0.717, 1.165) is 32.5 Å². The first-order valence-electron chi connectivity index (χ1n) is 7.89. The van der Waals surface area contributed by atoms with Gasteiger partial charge < -0.3 is 11.1 Å². The van der Waals surface area contributed by atoms with Crippen molar-refractivity contribution in [1.82, 2.24) is 10.2 Å². The van der Waals surface area contributed by atoms with E-state index in [4.69, 9.17) is 5.73 Å². The molecule has 0 radical (unpaired) electrons. The Balaban J connectivity index is 2.11. The van der Waals surface area contributed by atoms with Gasteiger partial charge in [0.2, 0.25) is 5.91 Å². The van der Waals surface area contributed by atoms with Gasteiger partial charge in [0.1, 0.15) is 5.54 Å². The normalized spacial score (nSPS) is 28.6. The van der Waals surface area contributed by atoms with Gasteiger partial charge in [-0.3, -0.25) is 9.69 Å². The van der Waals surface area contributed by atoms with Crippen LogP contribution in [-0.2, 0) is 4.79 Å². The quantitative estimate of drug-likeness (QED) is 0.766. The molecule has 1 aliphatic heterocycles. The summed E-state index contributed by atoms with van der Waals surface area (Å²) in [5.41, 5.74) is 5.28. The van der Waals surface area contributed by atoms with Crippen molar-refractivity contribution in [1.29, 1.82) is 0 Å². The molecule has 0 aromatic rings. The first-order valence-corrected chi connectivity index (χ1v) is 7.89. The molecule has 1 heterocycles. The van der Waals surface area contributed by atoms with Crippen LogP contribution in [0.15, 0.2) is 0 Å². The first kappa shape index (κ1) is 14.8. The van der Waals surface area contributed by atoms with Crippen LogP contribution in [0.5, 0.6) is 0 Å². The fraction of sp³-hybridized carbons (Fsp3) is 0.933. The summed E-state index contributed by atoms with van der Waals surface area (Å²) in [4.78, 5) is 14.6. The zero-order chi connectivity index (χ0) is 13.9. The number of hydrogen-bond acceptors (Lipinski definition) is 3. The van der Waals surface area contributed by atoms with Crippen molar-refractivity contribution in [3.05, 3.63) is 0 Å². The zero-order valence-corrected chi connectivity index (χ0v) is 12.5. The van der Waals surface area contributed by atoms with Crippen LogP contribution in [0.2, 0.25) is 0 Å². The number of nitrogens with one attached hydrogen (secondary N) is 1. The molecule has 0 aromatic heterocycles. The third-order valence-electron chi connectivity index (χ3n) is 4.85. The van der Waals surface area contributed by atoms with Crippen molar-refractivity contribution in [3.8, 4) is 0 Å². The predicted octanol–water partition coefficient (Wildman–Crippen LogP) is 1.49. The number of primary amides is 1. The Kier molecular flexibility index (Phi) is 4.85. The number of carbonyl (C=O) groups excluding carboxylic acids is 1. The van der Waals surface area contributed by atoms with E-state index < -0.39 is 5.54 Å². The number of likely N-dealkylation sites (tertiary alicyclic amines) is 1. The molecule has 2 atom stereocenters. The molecule has 2 unspecified atom stereocenters. The van der Waals surface area contributed by atoms with E-state index in [1.165, 1.54) is 25.7 Å². The fourth-order valence-electron chi connectivity index (χ4n) is 3.48. The minimum Gasteiger partial charge on any atom is -0.368 e. The van der Waals surface area contributed by atoms with Gasteiger partial charge in [0.05, 0.1) is 0 Å². The molecule has 19 heavy (non-hydrogen) atoms. The lowest BCUT2D eigenvalue weighted by molar-refractivity contribution is -0.126. The highest BCUT2D eigenvalue weighted by Gasteiger charge is 2.50. The largest absolute Gasteiger partial charge is 0.368 e. The van der Waals surface area contributed by atoms with Crippen molar-refractivity contribution in [2.45, 2.75) is 64.0 Å². The van der Waals surface area contributed by atoms with E-state index in [1.54, 1.807) is 0 Å². The molecule has 4 nitrogen and oxygen atoms in total. The van der Waals surface area contributed by atoms with Gasteiger partial charge in [-0.1, -0.05) is 19.8 Å². The molecule has 1 amide bonds. The molecule has 1 saturated heterocycles. The lowest BCUT2D eigenvalue weighted by atomic mass is 9.90. The van der Waals surface area contributed by atoms with E-state index in [2.05, 4.69) is 24.1 Å². The second-order valence-corrected chi connectivity index (χ2v) is 6.31. The van der Waals surface area contributed by atoms with E-state index in [9.17, 15) is 4.79 Å². The number of amides is 1. The van der Waals surface area contributed by atoms with Crippen LogP contribution in [0, 0.1) is 5.92 Å².